The first kappa shape index (κ1) is 11.5. The summed E-state index contributed by atoms with van der Waals surface area (Å²) in [4.78, 5) is 0. The minimum Gasteiger partial charge on any atom is -0.347 e. The molecule has 1 aliphatic carbocycles. The van der Waals surface area contributed by atoms with Crippen molar-refractivity contribution >= 4 is 0 Å². The second-order valence-electron chi connectivity index (χ2n) is 5.27. The van der Waals surface area contributed by atoms with E-state index < -0.39 is 0 Å². The molecule has 0 amide bonds. The van der Waals surface area contributed by atoms with Gasteiger partial charge in [0.25, 0.3) is 0 Å². The molecule has 0 saturated carbocycles. The fourth-order valence-electron chi connectivity index (χ4n) is 2.91. The average molecular weight is 240 g/mol. The summed E-state index contributed by atoms with van der Waals surface area (Å²) in [6.45, 7) is 3.14. The van der Waals surface area contributed by atoms with E-state index in [1.54, 1.807) is 0 Å². The van der Waals surface area contributed by atoms with Gasteiger partial charge in [-0.15, -0.1) is 0 Å². The second-order valence-corrected chi connectivity index (χ2v) is 5.27. The van der Waals surface area contributed by atoms with Crippen molar-refractivity contribution in [3.63, 3.8) is 0 Å². The Bertz CT molecular complexity index is 554. The zero-order valence-corrected chi connectivity index (χ0v) is 10.9. The third-order valence-corrected chi connectivity index (χ3v) is 4.04. The van der Waals surface area contributed by atoms with E-state index in [4.69, 9.17) is 5.73 Å². The van der Waals surface area contributed by atoms with Gasteiger partial charge in [-0.3, -0.25) is 0 Å². The summed E-state index contributed by atoms with van der Waals surface area (Å²) < 4.78 is 2.37. The smallest absolute Gasteiger partial charge is 0.0475 e. The number of hydrogen-bond donors (Lipinski definition) is 1. The fourth-order valence-corrected chi connectivity index (χ4v) is 2.91. The quantitative estimate of drug-likeness (QED) is 0.858. The number of aryl methyl sites for hydroxylation is 1. The standard InChI is InChI=1S/C16H20N2/c1-12-5-2-3-6-13(12)11-18-10-9-14-15(17)7-4-8-16(14)18/h2-3,5-6,9-10,15H,4,7-8,11,17H2,1H3. The number of rotatable bonds is 2. The Labute approximate surface area is 108 Å². The van der Waals surface area contributed by atoms with Gasteiger partial charge in [0, 0.05) is 24.5 Å². The fraction of sp³-hybridized carbons (Fsp3) is 0.375. The van der Waals surface area contributed by atoms with Gasteiger partial charge < -0.3 is 10.3 Å². The second kappa shape index (κ2) is 4.62. The molecule has 1 aromatic carbocycles. The Hall–Kier alpha value is -1.54. The van der Waals surface area contributed by atoms with Crippen LogP contribution in [0.25, 0.3) is 0 Å². The van der Waals surface area contributed by atoms with E-state index in [2.05, 4.69) is 48.0 Å². The van der Waals surface area contributed by atoms with Gasteiger partial charge in [-0.05, 0) is 48.9 Å². The largest absolute Gasteiger partial charge is 0.347 e. The molecule has 3 rings (SSSR count). The molecule has 2 nitrogen and oxygen atoms in total. The van der Waals surface area contributed by atoms with Crippen molar-refractivity contribution in [2.75, 3.05) is 0 Å². The zero-order valence-electron chi connectivity index (χ0n) is 10.9. The van der Waals surface area contributed by atoms with Crippen LogP contribution in [-0.2, 0) is 13.0 Å². The van der Waals surface area contributed by atoms with Crippen LogP contribution in [0.15, 0.2) is 36.5 Å². The number of benzene rings is 1. The van der Waals surface area contributed by atoms with Gasteiger partial charge in [-0.1, -0.05) is 24.3 Å². The average Bonchev–Trinajstić information content (AvgIpc) is 2.77. The summed E-state index contributed by atoms with van der Waals surface area (Å²) in [6.07, 6.45) is 5.71. The highest BCUT2D eigenvalue weighted by atomic mass is 15.0. The predicted octanol–water partition coefficient (Wildman–Crippen LogP) is 3.18. The molecule has 94 valence electrons. The summed E-state index contributed by atoms with van der Waals surface area (Å²) in [6, 6.07) is 11.1. The van der Waals surface area contributed by atoms with Crippen LogP contribution in [0.5, 0.6) is 0 Å². The lowest BCUT2D eigenvalue weighted by molar-refractivity contribution is 0.548. The number of nitrogens with two attached hydrogens (primary N) is 1. The van der Waals surface area contributed by atoms with Crippen molar-refractivity contribution in [3.8, 4) is 0 Å². The van der Waals surface area contributed by atoms with E-state index in [-0.39, 0.29) is 6.04 Å². The Morgan fingerprint density at radius 1 is 1.28 bits per heavy atom. The molecule has 1 atom stereocenters. The Balaban J connectivity index is 1.92. The highest BCUT2D eigenvalue weighted by molar-refractivity contribution is 5.31. The van der Waals surface area contributed by atoms with Crippen LogP contribution in [0, 0.1) is 6.92 Å². The highest BCUT2D eigenvalue weighted by Crippen LogP contribution is 2.29. The lowest BCUT2D eigenvalue weighted by atomic mass is 9.93. The Kier molecular flexibility index (Phi) is 2.96. The third-order valence-electron chi connectivity index (χ3n) is 4.04. The van der Waals surface area contributed by atoms with Crippen molar-refractivity contribution in [2.45, 2.75) is 38.8 Å². The summed E-state index contributed by atoms with van der Waals surface area (Å²) in [7, 11) is 0. The first-order valence-corrected chi connectivity index (χ1v) is 6.73. The summed E-state index contributed by atoms with van der Waals surface area (Å²) in [5, 5.41) is 0. The molecule has 1 heterocycles. The maximum Gasteiger partial charge on any atom is 0.0475 e. The summed E-state index contributed by atoms with van der Waals surface area (Å²) >= 11 is 0. The third kappa shape index (κ3) is 1.97. The summed E-state index contributed by atoms with van der Waals surface area (Å²) in [5.41, 5.74) is 11.7. The SMILES string of the molecule is Cc1ccccc1Cn1ccc2c1CCCC2N. The minimum absolute atomic E-state index is 0.242. The maximum atomic E-state index is 6.17. The van der Waals surface area contributed by atoms with Gasteiger partial charge >= 0.3 is 0 Å². The van der Waals surface area contributed by atoms with E-state index >= 15 is 0 Å². The molecule has 2 heteroatoms. The molecule has 0 spiro atoms. The van der Waals surface area contributed by atoms with Gasteiger partial charge in [0.2, 0.25) is 0 Å². The molecule has 1 aliphatic rings. The van der Waals surface area contributed by atoms with Crippen molar-refractivity contribution in [2.24, 2.45) is 5.73 Å². The van der Waals surface area contributed by atoms with Crippen LogP contribution in [0.4, 0.5) is 0 Å². The summed E-state index contributed by atoms with van der Waals surface area (Å²) in [5.74, 6) is 0. The molecule has 1 aromatic heterocycles. The minimum atomic E-state index is 0.242. The van der Waals surface area contributed by atoms with Crippen LogP contribution < -0.4 is 5.73 Å². The number of hydrogen-bond acceptors (Lipinski definition) is 1. The van der Waals surface area contributed by atoms with E-state index in [0.29, 0.717) is 0 Å². The molecule has 0 radical (unpaired) electrons. The maximum absolute atomic E-state index is 6.17. The van der Waals surface area contributed by atoms with Crippen molar-refractivity contribution in [1.29, 1.82) is 0 Å². The van der Waals surface area contributed by atoms with Crippen LogP contribution in [-0.4, -0.2) is 4.57 Å². The first-order chi connectivity index (χ1) is 8.75. The van der Waals surface area contributed by atoms with Crippen LogP contribution >= 0.6 is 0 Å². The highest BCUT2D eigenvalue weighted by Gasteiger charge is 2.20. The lowest BCUT2D eigenvalue weighted by Crippen LogP contribution is -2.18. The normalized spacial score (nSPS) is 18.7. The molecular formula is C16H20N2. The lowest BCUT2D eigenvalue weighted by Gasteiger charge is -2.21. The van der Waals surface area contributed by atoms with E-state index in [1.165, 1.54) is 35.2 Å². The molecule has 0 saturated heterocycles. The van der Waals surface area contributed by atoms with Gasteiger partial charge in [0.05, 0.1) is 0 Å². The Morgan fingerprint density at radius 3 is 2.94 bits per heavy atom. The van der Waals surface area contributed by atoms with E-state index in [9.17, 15) is 0 Å². The van der Waals surface area contributed by atoms with Gasteiger partial charge in [0.1, 0.15) is 0 Å². The number of fused-ring (bicyclic) bond motifs is 1. The molecule has 1 unspecified atom stereocenters. The van der Waals surface area contributed by atoms with Crippen molar-refractivity contribution < 1.29 is 0 Å². The Morgan fingerprint density at radius 2 is 2.11 bits per heavy atom. The molecule has 18 heavy (non-hydrogen) atoms. The van der Waals surface area contributed by atoms with E-state index in [0.717, 1.165) is 13.0 Å². The van der Waals surface area contributed by atoms with Crippen LogP contribution in [0.3, 0.4) is 0 Å². The van der Waals surface area contributed by atoms with Crippen LogP contribution in [0.2, 0.25) is 0 Å². The first-order valence-electron chi connectivity index (χ1n) is 6.73. The molecule has 2 N–H and O–H groups in total. The van der Waals surface area contributed by atoms with Crippen LogP contribution in [0.1, 0.15) is 41.3 Å². The zero-order chi connectivity index (χ0) is 12.5. The number of nitrogens with zero attached hydrogens (tertiary/aromatic N) is 1. The topological polar surface area (TPSA) is 30.9 Å². The van der Waals surface area contributed by atoms with E-state index in [1.807, 2.05) is 0 Å². The van der Waals surface area contributed by atoms with Crippen molar-refractivity contribution in [3.05, 3.63) is 58.9 Å². The molecule has 2 aromatic rings. The monoisotopic (exact) mass is 240 g/mol. The van der Waals surface area contributed by atoms with Gasteiger partial charge in [-0.2, -0.15) is 0 Å². The van der Waals surface area contributed by atoms with Crippen molar-refractivity contribution in [1.82, 2.24) is 4.57 Å². The predicted molar refractivity (Wildman–Crippen MR) is 74.6 cm³/mol. The van der Waals surface area contributed by atoms with Gasteiger partial charge in [0.15, 0.2) is 0 Å². The molecule has 0 aliphatic heterocycles. The molecule has 0 bridgehead atoms. The number of aromatic nitrogens is 1. The molecule has 0 fully saturated rings. The molecular weight excluding hydrogens is 220 g/mol. The van der Waals surface area contributed by atoms with Gasteiger partial charge in [-0.25, -0.2) is 0 Å².